The van der Waals surface area contributed by atoms with Crippen LogP contribution in [0.4, 0.5) is 0 Å². The van der Waals surface area contributed by atoms with E-state index in [0.717, 1.165) is 38.1 Å². The summed E-state index contributed by atoms with van der Waals surface area (Å²) in [6, 6.07) is 3.75. The van der Waals surface area contributed by atoms with E-state index in [-0.39, 0.29) is 11.3 Å². The van der Waals surface area contributed by atoms with Gasteiger partial charge in [0, 0.05) is 7.05 Å². The lowest BCUT2D eigenvalue weighted by atomic mass is 9.75. The molecule has 1 aromatic rings. The van der Waals surface area contributed by atoms with Crippen LogP contribution in [0, 0.1) is 5.41 Å². The van der Waals surface area contributed by atoms with Crippen molar-refractivity contribution in [2.24, 2.45) is 5.41 Å². The normalized spacial score (nSPS) is 18.3. The molecule has 1 fully saturated rings. The number of amides is 1. The van der Waals surface area contributed by atoms with E-state index in [2.05, 4.69) is 28.2 Å². The molecular weight excluding hydrogens is 308 g/mol. The van der Waals surface area contributed by atoms with Gasteiger partial charge in [0.1, 0.15) is 5.76 Å². The quantitative estimate of drug-likeness (QED) is 0.924. The smallest absolute Gasteiger partial charge is 0.229 e. The van der Waals surface area contributed by atoms with Crippen LogP contribution in [0.5, 0.6) is 0 Å². The Hall–Kier alpha value is -0.810. The predicted octanol–water partition coefficient (Wildman–Crippen LogP) is 2.78. The van der Waals surface area contributed by atoms with Gasteiger partial charge in [0.15, 0.2) is 4.67 Å². The van der Waals surface area contributed by atoms with Gasteiger partial charge in [0.2, 0.25) is 5.91 Å². The molecule has 0 atom stereocenters. The number of halogens is 1. The largest absolute Gasteiger partial charge is 0.452 e. The van der Waals surface area contributed by atoms with Gasteiger partial charge in [-0.1, -0.05) is 6.92 Å². The molecule has 0 bridgehead atoms. The SMILES string of the molecule is CCC1(C(=O)N(C)Cc2ccc(Br)o2)CCNCC1. The van der Waals surface area contributed by atoms with E-state index in [0.29, 0.717) is 11.2 Å². The first-order valence-corrected chi connectivity index (χ1v) is 7.57. The standard InChI is InChI=1S/C14H21BrN2O2/c1-3-14(6-8-16-9-7-14)13(18)17(2)10-11-4-5-12(15)19-11/h4-5,16H,3,6-10H2,1-2H3. The van der Waals surface area contributed by atoms with Gasteiger partial charge in [0.05, 0.1) is 12.0 Å². The van der Waals surface area contributed by atoms with Crippen molar-refractivity contribution in [3.8, 4) is 0 Å². The van der Waals surface area contributed by atoms with Crippen molar-refractivity contribution in [3.05, 3.63) is 22.6 Å². The summed E-state index contributed by atoms with van der Waals surface area (Å²) in [4.78, 5) is 14.5. The van der Waals surface area contributed by atoms with Crippen molar-refractivity contribution in [1.82, 2.24) is 10.2 Å². The van der Waals surface area contributed by atoms with Crippen LogP contribution in [0.25, 0.3) is 0 Å². The molecule has 2 rings (SSSR count). The number of carbonyl (C=O) groups excluding carboxylic acids is 1. The topological polar surface area (TPSA) is 45.5 Å². The van der Waals surface area contributed by atoms with E-state index in [4.69, 9.17) is 4.42 Å². The fourth-order valence-corrected chi connectivity index (χ4v) is 3.11. The lowest BCUT2D eigenvalue weighted by Gasteiger charge is -2.38. The highest BCUT2D eigenvalue weighted by atomic mass is 79.9. The van der Waals surface area contributed by atoms with E-state index < -0.39 is 0 Å². The second kappa shape index (κ2) is 6.09. The van der Waals surface area contributed by atoms with Crippen LogP contribution >= 0.6 is 15.9 Å². The second-order valence-electron chi connectivity index (χ2n) is 5.25. The van der Waals surface area contributed by atoms with E-state index in [1.165, 1.54) is 0 Å². The number of rotatable bonds is 4. The summed E-state index contributed by atoms with van der Waals surface area (Å²) in [6.07, 6.45) is 2.75. The van der Waals surface area contributed by atoms with Crippen molar-refractivity contribution in [3.63, 3.8) is 0 Å². The van der Waals surface area contributed by atoms with Crippen LogP contribution < -0.4 is 5.32 Å². The molecule has 1 aromatic heterocycles. The Balaban J connectivity index is 2.04. The second-order valence-corrected chi connectivity index (χ2v) is 6.03. The number of furan rings is 1. The monoisotopic (exact) mass is 328 g/mol. The molecule has 0 spiro atoms. The first kappa shape index (κ1) is 14.6. The minimum Gasteiger partial charge on any atom is -0.452 e. The van der Waals surface area contributed by atoms with Crippen LogP contribution in [-0.4, -0.2) is 30.9 Å². The Morgan fingerprint density at radius 3 is 2.68 bits per heavy atom. The summed E-state index contributed by atoms with van der Waals surface area (Å²) in [5, 5.41) is 3.33. The molecule has 1 aliphatic heterocycles. The molecule has 5 heteroatoms. The molecule has 106 valence electrons. The Morgan fingerprint density at radius 1 is 1.47 bits per heavy atom. The molecule has 1 saturated heterocycles. The van der Waals surface area contributed by atoms with Crippen LogP contribution in [0.1, 0.15) is 31.9 Å². The number of carbonyl (C=O) groups is 1. The molecule has 0 aromatic carbocycles. The first-order chi connectivity index (χ1) is 9.07. The van der Waals surface area contributed by atoms with Gasteiger partial charge in [-0.05, 0) is 60.4 Å². The summed E-state index contributed by atoms with van der Waals surface area (Å²) in [5.74, 6) is 1.05. The van der Waals surface area contributed by atoms with Gasteiger partial charge in [-0.25, -0.2) is 0 Å². The Morgan fingerprint density at radius 2 is 2.16 bits per heavy atom. The first-order valence-electron chi connectivity index (χ1n) is 6.78. The molecule has 19 heavy (non-hydrogen) atoms. The van der Waals surface area contributed by atoms with Gasteiger partial charge in [-0.15, -0.1) is 0 Å². The zero-order chi connectivity index (χ0) is 13.9. The van der Waals surface area contributed by atoms with Crippen molar-refractivity contribution >= 4 is 21.8 Å². The Bertz CT molecular complexity index is 438. The minimum atomic E-state index is -0.191. The third-order valence-electron chi connectivity index (χ3n) is 4.06. The van der Waals surface area contributed by atoms with E-state index >= 15 is 0 Å². The molecule has 2 heterocycles. The number of hydrogen-bond acceptors (Lipinski definition) is 3. The summed E-state index contributed by atoms with van der Waals surface area (Å²) in [6.45, 7) is 4.50. The minimum absolute atomic E-state index is 0.191. The lowest BCUT2D eigenvalue weighted by molar-refractivity contribution is -0.143. The van der Waals surface area contributed by atoms with Gasteiger partial charge in [0.25, 0.3) is 0 Å². The van der Waals surface area contributed by atoms with Gasteiger partial charge in [-0.3, -0.25) is 4.79 Å². The number of nitrogens with one attached hydrogen (secondary N) is 1. The van der Waals surface area contributed by atoms with E-state index in [9.17, 15) is 4.79 Å². The van der Waals surface area contributed by atoms with Crippen molar-refractivity contribution in [1.29, 1.82) is 0 Å². The Kier molecular flexibility index (Phi) is 4.68. The number of piperidine rings is 1. The zero-order valence-electron chi connectivity index (χ0n) is 11.5. The average molecular weight is 329 g/mol. The average Bonchev–Trinajstić information content (AvgIpc) is 2.84. The van der Waals surface area contributed by atoms with Crippen LogP contribution in [-0.2, 0) is 11.3 Å². The van der Waals surface area contributed by atoms with Crippen molar-refractivity contribution < 1.29 is 9.21 Å². The highest BCUT2D eigenvalue weighted by molar-refractivity contribution is 9.10. The zero-order valence-corrected chi connectivity index (χ0v) is 13.1. The van der Waals surface area contributed by atoms with Gasteiger partial charge < -0.3 is 14.6 Å². The molecule has 1 amide bonds. The summed E-state index contributed by atoms with van der Waals surface area (Å²) < 4.78 is 6.17. The summed E-state index contributed by atoms with van der Waals surface area (Å²) >= 11 is 3.28. The summed E-state index contributed by atoms with van der Waals surface area (Å²) in [5.41, 5.74) is -0.191. The molecular formula is C14H21BrN2O2. The van der Waals surface area contributed by atoms with Gasteiger partial charge >= 0.3 is 0 Å². The molecule has 0 unspecified atom stereocenters. The maximum absolute atomic E-state index is 12.7. The highest BCUT2D eigenvalue weighted by Crippen LogP contribution is 2.34. The van der Waals surface area contributed by atoms with Crippen molar-refractivity contribution in [2.75, 3.05) is 20.1 Å². The predicted molar refractivity (Wildman–Crippen MR) is 77.7 cm³/mol. The molecule has 0 radical (unpaired) electrons. The van der Waals surface area contributed by atoms with Crippen molar-refractivity contribution in [2.45, 2.75) is 32.7 Å². The number of nitrogens with zero attached hydrogens (tertiary/aromatic N) is 1. The maximum Gasteiger partial charge on any atom is 0.229 e. The molecule has 1 aliphatic rings. The van der Waals surface area contributed by atoms with E-state index in [1.807, 2.05) is 19.2 Å². The fraction of sp³-hybridized carbons (Fsp3) is 0.643. The molecule has 4 nitrogen and oxygen atoms in total. The fourth-order valence-electron chi connectivity index (χ4n) is 2.77. The van der Waals surface area contributed by atoms with E-state index in [1.54, 1.807) is 4.90 Å². The lowest BCUT2D eigenvalue weighted by Crippen LogP contribution is -2.47. The third-order valence-corrected chi connectivity index (χ3v) is 4.49. The highest BCUT2D eigenvalue weighted by Gasteiger charge is 2.39. The molecule has 1 N–H and O–H groups in total. The van der Waals surface area contributed by atoms with Gasteiger partial charge in [-0.2, -0.15) is 0 Å². The molecule has 0 aliphatic carbocycles. The van der Waals surface area contributed by atoms with Crippen LogP contribution in [0.2, 0.25) is 0 Å². The Labute approximate surface area is 122 Å². The van der Waals surface area contributed by atoms with Crippen LogP contribution in [0.3, 0.4) is 0 Å². The maximum atomic E-state index is 12.7. The van der Waals surface area contributed by atoms with Crippen LogP contribution in [0.15, 0.2) is 21.2 Å². The third kappa shape index (κ3) is 3.20. The number of hydrogen-bond donors (Lipinski definition) is 1. The molecule has 0 saturated carbocycles. The summed E-state index contributed by atoms with van der Waals surface area (Å²) in [7, 11) is 1.86.